The van der Waals surface area contributed by atoms with Crippen LogP contribution in [0.3, 0.4) is 0 Å². The monoisotopic (exact) mass is 419 g/mol. The summed E-state index contributed by atoms with van der Waals surface area (Å²) < 4.78 is 40.4. The van der Waals surface area contributed by atoms with Gasteiger partial charge >= 0.3 is 6.29 Å². The summed E-state index contributed by atoms with van der Waals surface area (Å²) in [4.78, 5) is 11.9. The van der Waals surface area contributed by atoms with E-state index < -0.39 is 12.2 Å². The zero-order chi connectivity index (χ0) is 17.3. The van der Waals surface area contributed by atoms with Crippen molar-refractivity contribution in [3.8, 4) is 17.2 Å². The first-order chi connectivity index (χ1) is 11.3. The molecule has 0 fully saturated rings. The van der Waals surface area contributed by atoms with Crippen molar-refractivity contribution in [3.05, 3.63) is 45.9 Å². The summed E-state index contributed by atoms with van der Waals surface area (Å²) >= 11 is 9.08. The third-order valence-electron chi connectivity index (χ3n) is 2.94. The van der Waals surface area contributed by atoms with Gasteiger partial charge in [0, 0.05) is 16.8 Å². The summed E-state index contributed by atoms with van der Waals surface area (Å²) in [6.07, 6.45) is -3.70. The van der Waals surface area contributed by atoms with E-state index in [1.165, 1.54) is 18.2 Å². The van der Waals surface area contributed by atoms with Crippen LogP contribution in [0.1, 0.15) is 0 Å². The molecule has 0 unspecified atom stereocenters. The Hall–Kier alpha value is -2.06. The van der Waals surface area contributed by atoms with Crippen LogP contribution >= 0.6 is 27.5 Å². The van der Waals surface area contributed by atoms with E-state index in [-0.39, 0.29) is 23.8 Å². The maximum atomic E-state index is 12.9. The standard InChI is InChI=1S/C15H9BrClF2NO4/c16-10-5-8(17)1-3-11(10)22-7-14(21)20-9-2-4-12-13(6-9)24-15(18,19)23-12/h1-6H,7H2,(H,20,21). The molecule has 0 saturated heterocycles. The molecule has 0 aliphatic carbocycles. The molecule has 0 aromatic heterocycles. The fourth-order valence-corrected chi connectivity index (χ4v) is 2.76. The Bertz CT molecular complexity index is 803. The first kappa shape index (κ1) is 16.8. The van der Waals surface area contributed by atoms with E-state index in [9.17, 15) is 13.6 Å². The number of amides is 1. The van der Waals surface area contributed by atoms with E-state index in [4.69, 9.17) is 16.3 Å². The van der Waals surface area contributed by atoms with Crippen molar-refractivity contribution in [2.24, 2.45) is 0 Å². The number of benzene rings is 2. The van der Waals surface area contributed by atoms with Crippen LogP contribution < -0.4 is 19.5 Å². The van der Waals surface area contributed by atoms with Gasteiger partial charge in [0.05, 0.1) is 4.47 Å². The molecule has 2 aromatic rings. The molecule has 126 valence electrons. The lowest BCUT2D eigenvalue weighted by Gasteiger charge is -2.09. The van der Waals surface area contributed by atoms with Gasteiger partial charge in [-0.25, -0.2) is 0 Å². The van der Waals surface area contributed by atoms with E-state index in [0.29, 0.717) is 15.2 Å². The van der Waals surface area contributed by atoms with Crippen LogP contribution in [-0.4, -0.2) is 18.8 Å². The lowest BCUT2D eigenvalue weighted by Crippen LogP contribution is -2.25. The van der Waals surface area contributed by atoms with Crippen LogP contribution in [-0.2, 0) is 4.79 Å². The quantitative estimate of drug-likeness (QED) is 0.794. The summed E-state index contributed by atoms with van der Waals surface area (Å²) in [6.45, 7) is -0.273. The van der Waals surface area contributed by atoms with Gasteiger partial charge in [-0.3, -0.25) is 4.79 Å². The van der Waals surface area contributed by atoms with Gasteiger partial charge in [-0.15, -0.1) is 8.78 Å². The second-order valence-electron chi connectivity index (χ2n) is 4.74. The Morgan fingerprint density at radius 1 is 1.21 bits per heavy atom. The first-order valence-electron chi connectivity index (χ1n) is 6.60. The second kappa shape index (κ2) is 6.45. The number of carbonyl (C=O) groups excluding carboxylic acids is 1. The number of alkyl halides is 2. The summed E-state index contributed by atoms with van der Waals surface area (Å²) in [6, 6.07) is 8.81. The van der Waals surface area contributed by atoms with Gasteiger partial charge in [-0.2, -0.15) is 0 Å². The fraction of sp³-hybridized carbons (Fsp3) is 0.133. The molecule has 3 rings (SSSR count). The largest absolute Gasteiger partial charge is 0.586 e. The Balaban J connectivity index is 1.60. The molecule has 9 heteroatoms. The highest BCUT2D eigenvalue weighted by molar-refractivity contribution is 9.10. The lowest BCUT2D eigenvalue weighted by molar-refractivity contribution is -0.286. The predicted molar refractivity (Wildman–Crippen MR) is 85.9 cm³/mol. The topological polar surface area (TPSA) is 56.8 Å². The average Bonchev–Trinajstić information content (AvgIpc) is 2.79. The molecule has 1 aliphatic rings. The van der Waals surface area contributed by atoms with Crippen molar-refractivity contribution in [3.63, 3.8) is 0 Å². The SMILES string of the molecule is O=C(COc1ccc(Cl)cc1Br)Nc1ccc2c(c1)OC(F)(F)O2. The highest BCUT2D eigenvalue weighted by Gasteiger charge is 2.43. The number of nitrogens with one attached hydrogen (secondary N) is 1. The van der Waals surface area contributed by atoms with E-state index in [1.807, 2.05) is 0 Å². The highest BCUT2D eigenvalue weighted by Crippen LogP contribution is 2.42. The molecule has 1 aliphatic heterocycles. The van der Waals surface area contributed by atoms with Gasteiger partial charge in [-0.1, -0.05) is 11.6 Å². The van der Waals surface area contributed by atoms with Gasteiger partial charge in [0.2, 0.25) is 0 Å². The molecule has 24 heavy (non-hydrogen) atoms. The first-order valence-corrected chi connectivity index (χ1v) is 7.77. The van der Waals surface area contributed by atoms with Crippen molar-refractivity contribution in [2.45, 2.75) is 6.29 Å². The fourth-order valence-electron chi connectivity index (χ4n) is 1.96. The van der Waals surface area contributed by atoms with Crippen molar-refractivity contribution < 1.29 is 27.8 Å². The number of carbonyl (C=O) groups is 1. The van der Waals surface area contributed by atoms with E-state index >= 15 is 0 Å². The number of ether oxygens (including phenoxy) is 3. The molecule has 0 spiro atoms. The smallest absolute Gasteiger partial charge is 0.483 e. The van der Waals surface area contributed by atoms with Crippen molar-refractivity contribution in [2.75, 3.05) is 11.9 Å². The predicted octanol–water partition coefficient (Wildman–Crippen LogP) is 4.44. The van der Waals surface area contributed by atoms with Gasteiger partial charge in [0.15, 0.2) is 18.1 Å². The van der Waals surface area contributed by atoms with Crippen LogP contribution in [0.25, 0.3) is 0 Å². The number of rotatable bonds is 4. The van der Waals surface area contributed by atoms with E-state index in [2.05, 4.69) is 30.7 Å². The molecule has 5 nitrogen and oxygen atoms in total. The zero-order valence-electron chi connectivity index (χ0n) is 11.8. The zero-order valence-corrected chi connectivity index (χ0v) is 14.2. The van der Waals surface area contributed by atoms with Crippen molar-refractivity contribution in [1.82, 2.24) is 0 Å². The molecule has 0 radical (unpaired) electrons. The van der Waals surface area contributed by atoms with Crippen molar-refractivity contribution >= 4 is 39.1 Å². The summed E-state index contributed by atoms with van der Waals surface area (Å²) in [5.74, 6) is -0.277. The van der Waals surface area contributed by atoms with Gasteiger partial charge < -0.3 is 19.5 Å². The van der Waals surface area contributed by atoms with Crippen molar-refractivity contribution in [1.29, 1.82) is 0 Å². The van der Waals surface area contributed by atoms with Gasteiger partial charge in [0.25, 0.3) is 5.91 Å². The molecule has 0 atom stereocenters. The summed E-state index contributed by atoms with van der Waals surface area (Å²) in [7, 11) is 0. The average molecular weight is 421 g/mol. The molecule has 1 amide bonds. The minimum atomic E-state index is -3.70. The number of anilines is 1. The Kier molecular flexibility index (Phi) is 4.51. The van der Waals surface area contributed by atoms with Gasteiger partial charge in [0.1, 0.15) is 5.75 Å². The Morgan fingerprint density at radius 2 is 1.96 bits per heavy atom. The molecular weight excluding hydrogens is 412 g/mol. The third kappa shape index (κ3) is 3.88. The van der Waals surface area contributed by atoms with Gasteiger partial charge in [-0.05, 0) is 46.3 Å². The molecule has 0 bridgehead atoms. The third-order valence-corrected chi connectivity index (χ3v) is 3.79. The van der Waals surface area contributed by atoms with E-state index in [0.717, 1.165) is 0 Å². The van der Waals surface area contributed by atoms with Crippen LogP contribution in [0.2, 0.25) is 5.02 Å². The normalized spacial score (nSPS) is 14.3. The maximum Gasteiger partial charge on any atom is 0.586 e. The molecule has 1 heterocycles. The summed E-state index contributed by atoms with van der Waals surface area (Å²) in [5, 5.41) is 3.04. The van der Waals surface area contributed by atoms with E-state index in [1.54, 1.807) is 18.2 Å². The second-order valence-corrected chi connectivity index (χ2v) is 6.03. The summed E-state index contributed by atoms with van der Waals surface area (Å²) in [5.41, 5.74) is 0.277. The van der Waals surface area contributed by atoms with Crippen LogP contribution in [0.4, 0.5) is 14.5 Å². The number of fused-ring (bicyclic) bond motifs is 1. The maximum absolute atomic E-state index is 12.9. The Labute approximate surface area is 148 Å². The highest BCUT2D eigenvalue weighted by atomic mass is 79.9. The molecular formula is C15H9BrClF2NO4. The van der Waals surface area contributed by atoms with Crippen LogP contribution in [0.5, 0.6) is 17.2 Å². The number of halogens is 4. The van der Waals surface area contributed by atoms with Crippen LogP contribution in [0.15, 0.2) is 40.9 Å². The number of hydrogen-bond acceptors (Lipinski definition) is 4. The minimum absolute atomic E-state index is 0.0978. The molecule has 2 aromatic carbocycles. The molecule has 0 saturated carbocycles. The number of hydrogen-bond donors (Lipinski definition) is 1. The Morgan fingerprint density at radius 3 is 2.71 bits per heavy atom. The minimum Gasteiger partial charge on any atom is -0.483 e. The lowest BCUT2D eigenvalue weighted by atomic mass is 10.3. The van der Waals surface area contributed by atoms with Crippen LogP contribution in [0, 0.1) is 0 Å². The molecule has 1 N–H and O–H groups in total.